The predicted octanol–water partition coefficient (Wildman–Crippen LogP) is 2.09. The Morgan fingerprint density at radius 1 is 1.42 bits per heavy atom. The molecule has 0 bridgehead atoms. The molecule has 0 unspecified atom stereocenters. The SMILES string of the molecule is CC(C)[C@](C)(C#N)NC(=O)COC(=O)C[C@@H]1Sc2ccccc2NC1=O. The lowest BCUT2D eigenvalue weighted by Crippen LogP contribution is -2.50. The van der Waals surface area contributed by atoms with Crippen LogP contribution in [0.1, 0.15) is 27.2 Å². The Bertz CT molecular complexity index is 759. The summed E-state index contributed by atoms with van der Waals surface area (Å²) in [6.07, 6.45) is -0.141. The molecule has 1 aromatic rings. The Morgan fingerprint density at radius 2 is 2.12 bits per heavy atom. The number of fused-ring (bicyclic) bond motifs is 1. The van der Waals surface area contributed by atoms with Crippen molar-refractivity contribution in [2.75, 3.05) is 11.9 Å². The fraction of sp³-hybridized carbons (Fsp3) is 0.444. The highest BCUT2D eigenvalue weighted by molar-refractivity contribution is 8.01. The van der Waals surface area contributed by atoms with Crippen molar-refractivity contribution in [3.8, 4) is 6.07 Å². The average molecular weight is 375 g/mol. The van der Waals surface area contributed by atoms with Crippen LogP contribution in [-0.2, 0) is 19.1 Å². The van der Waals surface area contributed by atoms with E-state index >= 15 is 0 Å². The Balaban J connectivity index is 1.85. The third kappa shape index (κ3) is 4.76. The lowest BCUT2D eigenvalue weighted by atomic mass is 9.90. The summed E-state index contributed by atoms with van der Waals surface area (Å²) in [5.41, 5.74) is -0.317. The zero-order valence-corrected chi connectivity index (χ0v) is 15.7. The first-order valence-corrected chi connectivity index (χ1v) is 9.07. The quantitative estimate of drug-likeness (QED) is 0.737. The molecule has 2 atom stereocenters. The van der Waals surface area contributed by atoms with Gasteiger partial charge in [-0.2, -0.15) is 5.26 Å². The molecule has 26 heavy (non-hydrogen) atoms. The second kappa shape index (κ2) is 8.23. The zero-order chi connectivity index (χ0) is 19.3. The summed E-state index contributed by atoms with van der Waals surface area (Å²) >= 11 is 1.29. The van der Waals surface area contributed by atoms with E-state index in [1.165, 1.54) is 11.8 Å². The van der Waals surface area contributed by atoms with E-state index in [-0.39, 0.29) is 18.2 Å². The van der Waals surface area contributed by atoms with Gasteiger partial charge in [-0.05, 0) is 25.0 Å². The molecule has 0 fully saturated rings. The molecule has 138 valence electrons. The van der Waals surface area contributed by atoms with Gasteiger partial charge in [0, 0.05) is 4.90 Å². The van der Waals surface area contributed by atoms with E-state index < -0.39 is 29.3 Å². The van der Waals surface area contributed by atoms with Crippen molar-refractivity contribution in [3.63, 3.8) is 0 Å². The Morgan fingerprint density at radius 3 is 2.77 bits per heavy atom. The number of carbonyl (C=O) groups is 3. The highest BCUT2D eigenvalue weighted by Gasteiger charge is 2.31. The first-order chi connectivity index (χ1) is 12.2. The van der Waals surface area contributed by atoms with Crippen LogP contribution in [-0.4, -0.2) is 35.2 Å². The highest BCUT2D eigenvalue weighted by atomic mass is 32.2. The molecule has 1 aromatic carbocycles. The van der Waals surface area contributed by atoms with Crippen molar-refractivity contribution in [2.24, 2.45) is 5.92 Å². The maximum Gasteiger partial charge on any atom is 0.307 e. The summed E-state index contributed by atoms with van der Waals surface area (Å²) in [5, 5.41) is 13.9. The average Bonchev–Trinajstić information content (AvgIpc) is 2.60. The van der Waals surface area contributed by atoms with Crippen LogP contribution in [0.25, 0.3) is 0 Å². The van der Waals surface area contributed by atoms with E-state index in [2.05, 4.69) is 10.6 Å². The number of rotatable bonds is 6. The first kappa shape index (κ1) is 19.8. The van der Waals surface area contributed by atoms with Gasteiger partial charge in [-0.25, -0.2) is 0 Å². The molecular formula is C18H21N3O4S. The van der Waals surface area contributed by atoms with Crippen molar-refractivity contribution in [2.45, 2.75) is 42.9 Å². The number of nitrogens with zero attached hydrogens (tertiary/aromatic N) is 1. The number of benzene rings is 1. The van der Waals surface area contributed by atoms with E-state index in [1.807, 2.05) is 38.1 Å². The van der Waals surface area contributed by atoms with Crippen molar-refractivity contribution in [1.29, 1.82) is 5.26 Å². The molecule has 0 radical (unpaired) electrons. The van der Waals surface area contributed by atoms with Gasteiger partial charge in [0.2, 0.25) is 5.91 Å². The molecule has 8 heteroatoms. The number of thioether (sulfide) groups is 1. The molecule has 2 amide bonds. The molecule has 1 aliphatic heterocycles. The van der Waals surface area contributed by atoms with E-state index in [4.69, 9.17) is 4.74 Å². The minimum atomic E-state index is -1.04. The molecular weight excluding hydrogens is 354 g/mol. The smallest absolute Gasteiger partial charge is 0.307 e. The minimum absolute atomic E-state index is 0.102. The third-order valence-electron chi connectivity index (χ3n) is 4.21. The number of esters is 1. The van der Waals surface area contributed by atoms with E-state index in [0.717, 1.165) is 10.6 Å². The highest BCUT2D eigenvalue weighted by Crippen LogP contribution is 2.36. The van der Waals surface area contributed by atoms with Gasteiger partial charge < -0.3 is 15.4 Å². The van der Waals surface area contributed by atoms with Crippen LogP contribution in [0.5, 0.6) is 0 Å². The molecule has 2 N–H and O–H groups in total. The van der Waals surface area contributed by atoms with Crippen LogP contribution in [0.15, 0.2) is 29.2 Å². The van der Waals surface area contributed by atoms with Crippen molar-refractivity contribution in [1.82, 2.24) is 5.32 Å². The van der Waals surface area contributed by atoms with Gasteiger partial charge in [0.15, 0.2) is 6.61 Å². The molecule has 0 aromatic heterocycles. The lowest BCUT2D eigenvalue weighted by Gasteiger charge is -2.27. The predicted molar refractivity (Wildman–Crippen MR) is 97.3 cm³/mol. The fourth-order valence-electron chi connectivity index (χ4n) is 2.21. The molecule has 2 rings (SSSR count). The minimum Gasteiger partial charge on any atom is -0.456 e. The topological polar surface area (TPSA) is 108 Å². The van der Waals surface area contributed by atoms with Crippen molar-refractivity contribution >= 4 is 35.2 Å². The van der Waals surface area contributed by atoms with Gasteiger partial charge >= 0.3 is 5.97 Å². The van der Waals surface area contributed by atoms with E-state index in [9.17, 15) is 19.6 Å². The number of ether oxygens (including phenoxy) is 1. The zero-order valence-electron chi connectivity index (χ0n) is 14.9. The molecule has 0 spiro atoms. The molecule has 1 aliphatic rings. The second-order valence-corrected chi connectivity index (χ2v) is 7.72. The van der Waals surface area contributed by atoms with Crippen molar-refractivity contribution < 1.29 is 19.1 Å². The number of anilines is 1. The maximum absolute atomic E-state index is 12.1. The largest absolute Gasteiger partial charge is 0.456 e. The van der Waals surface area contributed by atoms with Gasteiger partial charge in [-0.1, -0.05) is 26.0 Å². The molecule has 0 aliphatic carbocycles. The Hall–Kier alpha value is -2.53. The standard InChI is InChI=1S/C18H21N3O4S/c1-11(2)18(3,10-19)21-15(22)9-25-16(23)8-14-17(24)20-12-6-4-5-7-13(12)26-14/h4-7,11,14H,8-9H2,1-3H3,(H,20,24)(H,21,22)/t14-,18-/m0/s1. The lowest BCUT2D eigenvalue weighted by molar-refractivity contribution is -0.149. The van der Waals surface area contributed by atoms with Crippen LogP contribution in [0, 0.1) is 17.2 Å². The number of nitriles is 1. The molecule has 0 saturated heterocycles. The number of nitrogens with one attached hydrogen (secondary N) is 2. The molecule has 7 nitrogen and oxygen atoms in total. The van der Waals surface area contributed by atoms with Gasteiger partial charge in [-0.3, -0.25) is 14.4 Å². The Labute approximate surface area is 156 Å². The van der Waals surface area contributed by atoms with Crippen LogP contribution in [0.4, 0.5) is 5.69 Å². The monoisotopic (exact) mass is 375 g/mol. The van der Waals surface area contributed by atoms with E-state index in [0.29, 0.717) is 0 Å². The van der Waals surface area contributed by atoms with E-state index in [1.54, 1.807) is 13.0 Å². The summed E-state index contributed by atoms with van der Waals surface area (Å²) < 4.78 is 4.96. The summed E-state index contributed by atoms with van der Waals surface area (Å²) in [5.74, 6) is -1.57. The summed E-state index contributed by atoms with van der Waals surface area (Å²) in [4.78, 5) is 36.9. The number of amides is 2. The summed E-state index contributed by atoms with van der Waals surface area (Å²) in [6.45, 7) is 4.74. The fourth-order valence-corrected chi connectivity index (χ4v) is 3.31. The normalized spacial score (nSPS) is 18.1. The second-order valence-electron chi connectivity index (χ2n) is 6.47. The van der Waals surface area contributed by atoms with Gasteiger partial charge in [0.05, 0.1) is 23.4 Å². The summed E-state index contributed by atoms with van der Waals surface area (Å²) in [6, 6.07) is 9.37. The van der Waals surface area contributed by atoms with Gasteiger partial charge in [0.1, 0.15) is 5.54 Å². The van der Waals surface area contributed by atoms with Crippen LogP contribution >= 0.6 is 11.8 Å². The summed E-state index contributed by atoms with van der Waals surface area (Å²) in [7, 11) is 0. The van der Waals surface area contributed by atoms with Crippen LogP contribution in [0.2, 0.25) is 0 Å². The van der Waals surface area contributed by atoms with Crippen LogP contribution < -0.4 is 10.6 Å². The first-order valence-electron chi connectivity index (χ1n) is 8.19. The molecule has 0 saturated carbocycles. The number of hydrogen-bond donors (Lipinski definition) is 2. The van der Waals surface area contributed by atoms with Crippen molar-refractivity contribution in [3.05, 3.63) is 24.3 Å². The van der Waals surface area contributed by atoms with Crippen LogP contribution in [0.3, 0.4) is 0 Å². The van der Waals surface area contributed by atoms with Gasteiger partial charge in [-0.15, -0.1) is 11.8 Å². The van der Waals surface area contributed by atoms with Gasteiger partial charge in [0.25, 0.3) is 5.91 Å². The number of carbonyl (C=O) groups excluding carboxylic acids is 3. The Kier molecular flexibility index (Phi) is 6.27. The third-order valence-corrected chi connectivity index (χ3v) is 5.48. The number of para-hydroxylation sites is 1. The molecule has 1 heterocycles. The number of hydrogen-bond acceptors (Lipinski definition) is 6. The maximum atomic E-state index is 12.1.